The number of hydrogen-bond acceptors (Lipinski definition) is 5. The van der Waals surface area contributed by atoms with Gasteiger partial charge in [0.25, 0.3) is 0 Å². The van der Waals surface area contributed by atoms with Crippen LogP contribution in [0.2, 0.25) is 0 Å². The molecule has 5 heteroatoms. The molecule has 0 aromatic heterocycles. The zero-order chi connectivity index (χ0) is 13.4. The van der Waals surface area contributed by atoms with Crippen molar-refractivity contribution in [3.63, 3.8) is 0 Å². The van der Waals surface area contributed by atoms with Crippen LogP contribution in [0.3, 0.4) is 0 Å². The van der Waals surface area contributed by atoms with Crippen LogP contribution in [0.1, 0.15) is 38.5 Å². The summed E-state index contributed by atoms with van der Waals surface area (Å²) in [6, 6.07) is -0.957. The molecule has 1 aliphatic rings. The van der Waals surface area contributed by atoms with E-state index < -0.39 is 18.0 Å². The lowest BCUT2D eigenvalue weighted by Crippen LogP contribution is -2.36. The molecule has 1 aliphatic carbocycles. The van der Waals surface area contributed by atoms with Crippen LogP contribution in [0.25, 0.3) is 0 Å². The zero-order valence-electron chi connectivity index (χ0n) is 10.6. The second-order valence-electron chi connectivity index (χ2n) is 4.48. The number of carbonyl (C=O) groups excluding carboxylic acids is 2. The predicted molar refractivity (Wildman–Crippen MR) is 66.7 cm³/mol. The van der Waals surface area contributed by atoms with Crippen molar-refractivity contribution >= 4 is 11.9 Å². The molecule has 0 aromatic carbocycles. The number of carbonyl (C=O) groups is 2. The van der Waals surface area contributed by atoms with E-state index >= 15 is 0 Å². The largest absolute Gasteiger partial charge is 0.462 e. The SMILES string of the molecule is C=CCOC(=O)[C@@H](N)CC(=O)OC1CCCCC1. The number of esters is 2. The molecule has 5 nitrogen and oxygen atoms in total. The molecule has 0 spiro atoms. The summed E-state index contributed by atoms with van der Waals surface area (Å²) in [6.45, 7) is 3.52. The van der Waals surface area contributed by atoms with E-state index in [0.29, 0.717) is 0 Å². The van der Waals surface area contributed by atoms with Crippen molar-refractivity contribution in [3.8, 4) is 0 Å². The van der Waals surface area contributed by atoms with Gasteiger partial charge in [-0.25, -0.2) is 0 Å². The van der Waals surface area contributed by atoms with Crippen molar-refractivity contribution in [1.82, 2.24) is 0 Å². The maximum absolute atomic E-state index is 11.6. The van der Waals surface area contributed by atoms with E-state index in [9.17, 15) is 9.59 Å². The van der Waals surface area contributed by atoms with Crippen molar-refractivity contribution in [2.75, 3.05) is 6.61 Å². The second-order valence-corrected chi connectivity index (χ2v) is 4.48. The Morgan fingerprint density at radius 2 is 2.00 bits per heavy atom. The fourth-order valence-corrected chi connectivity index (χ4v) is 1.93. The Bertz CT molecular complexity index is 297. The smallest absolute Gasteiger partial charge is 0.323 e. The molecule has 0 amide bonds. The molecule has 0 aromatic rings. The van der Waals surface area contributed by atoms with Crippen LogP contribution in [0.5, 0.6) is 0 Å². The number of ether oxygens (including phenoxy) is 2. The first-order valence-corrected chi connectivity index (χ1v) is 6.36. The Kier molecular flexibility index (Phi) is 6.43. The molecule has 1 rings (SSSR count). The minimum atomic E-state index is -0.957. The summed E-state index contributed by atoms with van der Waals surface area (Å²) in [5.41, 5.74) is 5.55. The van der Waals surface area contributed by atoms with E-state index in [2.05, 4.69) is 6.58 Å². The van der Waals surface area contributed by atoms with Crippen LogP contribution in [0.4, 0.5) is 0 Å². The summed E-state index contributed by atoms with van der Waals surface area (Å²) in [5.74, 6) is -1.03. The van der Waals surface area contributed by atoms with Crippen LogP contribution in [-0.4, -0.2) is 30.7 Å². The third kappa shape index (κ3) is 5.31. The first-order valence-electron chi connectivity index (χ1n) is 6.36. The van der Waals surface area contributed by atoms with E-state index in [4.69, 9.17) is 15.2 Å². The fourth-order valence-electron chi connectivity index (χ4n) is 1.93. The standard InChI is InChI=1S/C13H21NO4/c1-2-8-17-13(16)11(14)9-12(15)18-10-6-4-3-5-7-10/h2,10-11H,1,3-9,14H2/t11-/m0/s1. The van der Waals surface area contributed by atoms with Crippen molar-refractivity contribution in [3.05, 3.63) is 12.7 Å². The Balaban J connectivity index is 2.25. The molecule has 0 bridgehead atoms. The molecule has 0 saturated heterocycles. The van der Waals surface area contributed by atoms with Crippen LogP contribution in [-0.2, 0) is 19.1 Å². The molecule has 18 heavy (non-hydrogen) atoms. The molecule has 1 fully saturated rings. The van der Waals surface area contributed by atoms with Gasteiger partial charge in [-0.05, 0) is 25.7 Å². The van der Waals surface area contributed by atoms with Gasteiger partial charge in [0.15, 0.2) is 0 Å². The van der Waals surface area contributed by atoms with Gasteiger partial charge in [-0.1, -0.05) is 19.1 Å². The molecule has 2 N–H and O–H groups in total. The topological polar surface area (TPSA) is 78.6 Å². The monoisotopic (exact) mass is 255 g/mol. The highest BCUT2D eigenvalue weighted by Gasteiger charge is 2.23. The van der Waals surface area contributed by atoms with Crippen molar-refractivity contribution in [2.24, 2.45) is 5.73 Å². The summed E-state index contributed by atoms with van der Waals surface area (Å²) in [7, 11) is 0. The highest BCUT2D eigenvalue weighted by atomic mass is 16.5. The van der Waals surface area contributed by atoms with Gasteiger partial charge < -0.3 is 15.2 Å². The van der Waals surface area contributed by atoms with E-state index in [1.165, 1.54) is 12.5 Å². The lowest BCUT2D eigenvalue weighted by molar-refractivity contribution is -0.155. The highest BCUT2D eigenvalue weighted by molar-refractivity contribution is 5.82. The van der Waals surface area contributed by atoms with Gasteiger partial charge in [0, 0.05) is 0 Å². The first kappa shape index (κ1) is 14.7. The summed E-state index contributed by atoms with van der Waals surface area (Å²) in [6.07, 6.45) is 6.49. The third-order valence-electron chi connectivity index (χ3n) is 2.88. The molecule has 102 valence electrons. The van der Waals surface area contributed by atoms with Crippen LogP contribution in [0.15, 0.2) is 12.7 Å². The quantitative estimate of drug-likeness (QED) is 0.572. The highest BCUT2D eigenvalue weighted by Crippen LogP contribution is 2.20. The first-order chi connectivity index (χ1) is 8.63. The normalized spacial score (nSPS) is 17.8. The maximum atomic E-state index is 11.6. The van der Waals surface area contributed by atoms with Gasteiger partial charge in [-0.2, -0.15) is 0 Å². The minimum absolute atomic E-state index is 0.0114. The summed E-state index contributed by atoms with van der Waals surface area (Å²) in [4.78, 5) is 22.9. The Morgan fingerprint density at radius 3 is 2.61 bits per heavy atom. The van der Waals surface area contributed by atoms with Gasteiger partial charge in [-0.15, -0.1) is 0 Å². The lowest BCUT2D eigenvalue weighted by atomic mass is 9.98. The Hall–Kier alpha value is -1.36. The average molecular weight is 255 g/mol. The van der Waals surface area contributed by atoms with Crippen molar-refractivity contribution < 1.29 is 19.1 Å². The van der Waals surface area contributed by atoms with Crippen molar-refractivity contribution in [2.45, 2.75) is 50.7 Å². The van der Waals surface area contributed by atoms with E-state index in [-0.39, 0.29) is 19.1 Å². The number of hydrogen-bond donors (Lipinski definition) is 1. The van der Waals surface area contributed by atoms with E-state index in [1.807, 2.05) is 0 Å². The maximum Gasteiger partial charge on any atom is 0.323 e. The van der Waals surface area contributed by atoms with E-state index in [0.717, 1.165) is 25.7 Å². The third-order valence-corrected chi connectivity index (χ3v) is 2.88. The summed E-state index contributed by atoms with van der Waals surface area (Å²) >= 11 is 0. The van der Waals surface area contributed by atoms with Gasteiger partial charge >= 0.3 is 11.9 Å². The molecule has 0 heterocycles. The molecular formula is C13H21NO4. The average Bonchev–Trinajstić information content (AvgIpc) is 2.36. The van der Waals surface area contributed by atoms with Crippen LogP contribution < -0.4 is 5.73 Å². The van der Waals surface area contributed by atoms with Crippen LogP contribution >= 0.6 is 0 Å². The number of rotatable bonds is 6. The number of nitrogens with two attached hydrogens (primary N) is 1. The Labute approximate surface area is 107 Å². The molecule has 1 saturated carbocycles. The second kappa shape index (κ2) is 7.87. The summed E-state index contributed by atoms with van der Waals surface area (Å²) < 4.78 is 10.0. The zero-order valence-corrected chi connectivity index (χ0v) is 10.6. The molecular weight excluding hydrogens is 234 g/mol. The molecule has 0 aliphatic heterocycles. The Morgan fingerprint density at radius 1 is 1.33 bits per heavy atom. The molecule has 0 unspecified atom stereocenters. The summed E-state index contributed by atoms with van der Waals surface area (Å²) in [5, 5.41) is 0. The van der Waals surface area contributed by atoms with Gasteiger partial charge in [-0.3, -0.25) is 9.59 Å². The van der Waals surface area contributed by atoms with Gasteiger partial charge in [0.1, 0.15) is 18.8 Å². The minimum Gasteiger partial charge on any atom is -0.462 e. The molecule has 1 atom stereocenters. The predicted octanol–water partition coefficient (Wildman–Crippen LogP) is 1.31. The van der Waals surface area contributed by atoms with E-state index in [1.54, 1.807) is 0 Å². The lowest BCUT2D eigenvalue weighted by Gasteiger charge is -2.22. The van der Waals surface area contributed by atoms with Crippen LogP contribution in [0, 0.1) is 0 Å². The van der Waals surface area contributed by atoms with Gasteiger partial charge in [0.05, 0.1) is 6.42 Å². The fraction of sp³-hybridized carbons (Fsp3) is 0.692. The van der Waals surface area contributed by atoms with Crippen molar-refractivity contribution in [1.29, 1.82) is 0 Å². The van der Waals surface area contributed by atoms with Gasteiger partial charge in [0.2, 0.25) is 0 Å². The molecule has 0 radical (unpaired) electrons.